The number of halogens is 1. The van der Waals surface area contributed by atoms with Crippen LogP contribution in [0.1, 0.15) is 23.9 Å². The van der Waals surface area contributed by atoms with Crippen molar-refractivity contribution in [3.8, 4) is 11.4 Å². The molecule has 0 bridgehead atoms. The van der Waals surface area contributed by atoms with Gasteiger partial charge in [0.25, 0.3) is 0 Å². The van der Waals surface area contributed by atoms with E-state index in [2.05, 4.69) is 20.4 Å². The van der Waals surface area contributed by atoms with Gasteiger partial charge in [-0.2, -0.15) is 4.98 Å². The van der Waals surface area contributed by atoms with E-state index >= 15 is 0 Å². The van der Waals surface area contributed by atoms with Gasteiger partial charge in [-0.05, 0) is 29.8 Å². The first-order valence-electron chi connectivity index (χ1n) is 10.4. The molecular weight excluding hydrogens is 399 g/mol. The summed E-state index contributed by atoms with van der Waals surface area (Å²) in [5.41, 5.74) is 1.73. The fourth-order valence-electron chi connectivity index (χ4n) is 3.52. The summed E-state index contributed by atoms with van der Waals surface area (Å²) in [7, 11) is 0. The second kappa shape index (κ2) is 10.3. The Bertz CT molecular complexity index is 972. The Morgan fingerprint density at radius 2 is 1.84 bits per heavy atom. The summed E-state index contributed by atoms with van der Waals surface area (Å²) in [6, 6.07) is 15.7. The number of ether oxygens (including phenoxy) is 1. The van der Waals surface area contributed by atoms with Gasteiger partial charge in [-0.3, -0.25) is 9.69 Å². The quantitative estimate of drug-likeness (QED) is 0.599. The van der Waals surface area contributed by atoms with Crippen molar-refractivity contribution < 1.29 is 18.4 Å². The number of nitrogens with one attached hydrogen (secondary N) is 1. The Balaban J connectivity index is 1.35. The van der Waals surface area contributed by atoms with E-state index in [1.165, 1.54) is 12.1 Å². The Morgan fingerprint density at radius 3 is 2.58 bits per heavy atom. The Morgan fingerprint density at radius 1 is 1.10 bits per heavy atom. The maximum Gasteiger partial charge on any atom is 0.227 e. The highest BCUT2D eigenvalue weighted by Crippen LogP contribution is 2.18. The Labute approximate surface area is 180 Å². The van der Waals surface area contributed by atoms with Crippen LogP contribution >= 0.6 is 0 Å². The molecule has 0 radical (unpaired) electrons. The maximum absolute atomic E-state index is 13.1. The summed E-state index contributed by atoms with van der Waals surface area (Å²) >= 11 is 0. The molecule has 162 valence electrons. The molecule has 3 aromatic rings. The van der Waals surface area contributed by atoms with Gasteiger partial charge in [-0.15, -0.1) is 0 Å². The van der Waals surface area contributed by atoms with Crippen molar-refractivity contribution >= 4 is 5.91 Å². The summed E-state index contributed by atoms with van der Waals surface area (Å²) < 4.78 is 23.8. The molecule has 1 atom stereocenters. The number of amides is 1. The van der Waals surface area contributed by atoms with Gasteiger partial charge in [0.05, 0.1) is 19.3 Å². The molecule has 1 amide bonds. The summed E-state index contributed by atoms with van der Waals surface area (Å²) in [5, 5.41) is 7.06. The number of morpholine rings is 1. The lowest BCUT2D eigenvalue weighted by Gasteiger charge is -2.31. The zero-order valence-corrected chi connectivity index (χ0v) is 17.2. The van der Waals surface area contributed by atoms with Crippen LogP contribution < -0.4 is 5.32 Å². The second-order valence-corrected chi connectivity index (χ2v) is 7.46. The third kappa shape index (κ3) is 5.96. The predicted octanol–water partition coefficient (Wildman–Crippen LogP) is 3.00. The number of rotatable bonds is 8. The topological polar surface area (TPSA) is 80.5 Å². The van der Waals surface area contributed by atoms with E-state index in [1.807, 2.05) is 30.3 Å². The van der Waals surface area contributed by atoms with Gasteiger partial charge >= 0.3 is 0 Å². The van der Waals surface area contributed by atoms with E-state index in [0.29, 0.717) is 36.9 Å². The monoisotopic (exact) mass is 424 g/mol. The van der Waals surface area contributed by atoms with Crippen LogP contribution in [0.25, 0.3) is 11.4 Å². The fourth-order valence-corrected chi connectivity index (χ4v) is 3.52. The molecule has 7 nitrogen and oxygen atoms in total. The van der Waals surface area contributed by atoms with Crippen LogP contribution in [0, 0.1) is 5.82 Å². The van der Waals surface area contributed by atoms with Crippen molar-refractivity contribution in [1.29, 1.82) is 0 Å². The van der Waals surface area contributed by atoms with Crippen LogP contribution in [0.2, 0.25) is 0 Å². The van der Waals surface area contributed by atoms with Crippen LogP contribution in [0.4, 0.5) is 4.39 Å². The molecule has 2 aromatic carbocycles. The lowest BCUT2D eigenvalue weighted by molar-refractivity contribution is -0.122. The molecule has 2 heterocycles. The molecule has 1 aromatic heterocycles. The van der Waals surface area contributed by atoms with Crippen LogP contribution in [0.3, 0.4) is 0 Å². The molecule has 0 saturated carbocycles. The minimum atomic E-state index is -0.325. The van der Waals surface area contributed by atoms with Gasteiger partial charge in [0.15, 0.2) is 0 Å². The number of benzene rings is 2. The molecule has 31 heavy (non-hydrogen) atoms. The van der Waals surface area contributed by atoms with Gasteiger partial charge in [0, 0.05) is 38.0 Å². The zero-order chi connectivity index (χ0) is 21.5. The molecule has 0 spiro atoms. The molecule has 1 aliphatic rings. The molecule has 0 aliphatic carbocycles. The predicted molar refractivity (Wildman–Crippen MR) is 113 cm³/mol. The summed E-state index contributed by atoms with van der Waals surface area (Å²) in [5.74, 6) is 0.349. The molecule has 1 aliphatic heterocycles. The molecule has 1 N–H and O–H groups in total. The van der Waals surface area contributed by atoms with E-state index in [0.717, 1.165) is 25.2 Å². The largest absolute Gasteiger partial charge is 0.379 e. The Kier molecular flexibility index (Phi) is 7.01. The highest BCUT2D eigenvalue weighted by atomic mass is 19.1. The van der Waals surface area contributed by atoms with Gasteiger partial charge in [-0.25, -0.2) is 4.39 Å². The first-order valence-corrected chi connectivity index (χ1v) is 10.4. The number of aromatic nitrogens is 2. The average molecular weight is 424 g/mol. The lowest BCUT2D eigenvalue weighted by atomic mass is 10.1. The summed E-state index contributed by atoms with van der Waals surface area (Å²) in [4.78, 5) is 19.3. The number of aryl methyl sites for hydroxylation is 1. The maximum atomic E-state index is 13.1. The van der Waals surface area contributed by atoms with Crippen LogP contribution in [-0.2, 0) is 16.0 Å². The lowest BCUT2D eigenvalue weighted by Crippen LogP contribution is -2.43. The van der Waals surface area contributed by atoms with E-state index in [9.17, 15) is 9.18 Å². The highest BCUT2D eigenvalue weighted by Gasteiger charge is 2.20. The molecule has 4 rings (SSSR count). The summed E-state index contributed by atoms with van der Waals surface area (Å²) in [6.07, 6.45) is 0.566. The Hall–Kier alpha value is -3.10. The minimum absolute atomic E-state index is 0.0800. The van der Waals surface area contributed by atoms with Gasteiger partial charge in [-0.1, -0.05) is 35.5 Å². The third-order valence-corrected chi connectivity index (χ3v) is 5.22. The summed E-state index contributed by atoms with van der Waals surface area (Å²) in [6.45, 7) is 3.86. The van der Waals surface area contributed by atoms with Gasteiger partial charge in [0.1, 0.15) is 5.82 Å². The van der Waals surface area contributed by atoms with E-state index in [1.54, 1.807) is 12.1 Å². The minimum Gasteiger partial charge on any atom is -0.379 e. The molecule has 1 saturated heterocycles. The number of nitrogens with zero attached hydrogens (tertiary/aromatic N) is 3. The van der Waals surface area contributed by atoms with Crippen molar-refractivity contribution in [2.24, 2.45) is 0 Å². The van der Waals surface area contributed by atoms with Gasteiger partial charge < -0.3 is 14.6 Å². The molecule has 0 unspecified atom stereocenters. The SMILES string of the molecule is O=C(CCc1nc(-c2ccc(F)cc2)no1)N[C@H](CN1CCOCC1)c1ccccc1. The van der Waals surface area contributed by atoms with Crippen molar-refractivity contribution in [2.45, 2.75) is 18.9 Å². The van der Waals surface area contributed by atoms with E-state index < -0.39 is 0 Å². The first-order chi connectivity index (χ1) is 15.2. The van der Waals surface area contributed by atoms with Crippen LogP contribution in [0.15, 0.2) is 59.1 Å². The highest BCUT2D eigenvalue weighted by molar-refractivity contribution is 5.76. The third-order valence-electron chi connectivity index (χ3n) is 5.22. The first kappa shape index (κ1) is 21.1. The second-order valence-electron chi connectivity index (χ2n) is 7.46. The molecule has 1 fully saturated rings. The van der Waals surface area contributed by atoms with Crippen molar-refractivity contribution in [2.75, 3.05) is 32.8 Å². The van der Waals surface area contributed by atoms with Gasteiger partial charge in [0.2, 0.25) is 17.6 Å². The van der Waals surface area contributed by atoms with Crippen LogP contribution in [0.5, 0.6) is 0 Å². The average Bonchev–Trinajstić information content (AvgIpc) is 3.28. The number of carbonyl (C=O) groups excluding carboxylic acids is 1. The van der Waals surface area contributed by atoms with Crippen molar-refractivity contribution in [1.82, 2.24) is 20.4 Å². The van der Waals surface area contributed by atoms with Crippen LogP contribution in [-0.4, -0.2) is 53.8 Å². The zero-order valence-electron chi connectivity index (χ0n) is 17.2. The molecule has 8 heteroatoms. The smallest absolute Gasteiger partial charge is 0.227 e. The molecular formula is C23H25FN4O3. The normalized spacial score (nSPS) is 15.5. The number of carbonyl (C=O) groups is 1. The fraction of sp³-hybridized carbons (Fsp3) is 0.348. The number of hydrogen-bond acceptors (Lipinski definition) is 6. The number of hydrogen-bond donors (Lipinski definition) is 1. The van der Waals surface area contributed by atoms with Crippen molar-refractivity contribution in [3.05, 3.63) is 71.9 Å². The standard InChI is InChI=1S/C23H25FN4O3/c24-19-8-6-18(7-9-19)23-26-22(31-27-23)11-10-21(29)25-20(17-4-2-1-3-5-17)16-28-12-14-30-15-13-28/h1-9,20H,10-16H2,(H,25,29)/t20-/m1/s1. The van der Waals surface area contributed by atoms with Crippen molar-refractivity contribution in [3.63, 3.8) is 0 Å². The van der Waals surface area contributed by atoms with E-state index in [4.69, 9.17) is 9.26 Å². The van der Waals surface area contributed by atoms with E-state index in [-0.39, 0.29) is 24.2 Å².